The summed E-state index contributed by atoms with van der Waals surface area (Å²) in [5, 5.41) is 0. The highest BCUT2D eigenvalue weighted by Gasteiger charge is 2.22. The van der Waals surface area contributed by atoms with Gasteiger partial charge >= 0.3 is 0 Å². The van der Waals surface area contributed by atoms with E-state index in [0.717, 1.165) is 18.5 Å². The lowest BCUT2D eigenvalue weighted by atomic mass is 9.96. The molecule has 0 aliphatic carbocycles. The van der Waals surface area contributed by atoms with Crippen molar-refractivity contribution in [2.75, 3.05) is 13.6 Å². The molecule has 0 unspecified atom stereocenters. The van der Waals surface area contributed by atoms with Crippen LogP contribution in [0.2, 0.25) is 0 Å². The van der Waals surface area contributed by atoms with E-state index in [4.69, 9.17) is 0 Å². The Bertz CT molecular complexity index is 319. The Morgan fingerprint density at radius 2 is 2.00 bits per heavy atom. The van der Waals surface area contributed by atoms with Crippen molar-refractivity contribution >= 4 is 5.91 Å². The number of carbonyl (C=O) groups excluding carboxylic acids is 1. The lowest BCUT2D eigenvalue weighted by molar-refractivity contribution is -0.123. The zero-order valence-corrected chi connectivity index (χ0v) is 10.4. The highest BCUT2D eigenvalue weighted by atomic mass is 16.2. The first-order valence-electron chi connectivity index (χ1n) is 5.57. The van der Waals surface area contributed by atoms with Gasteiger partial charge in [0.15, 0.2) is 0 Å². The summed E-state index contributed by atoms with van der Waals surface area (Å²) in [4.78, 5) is 13.5. The highest BCUT2D eigenvalue weighted by molar-refractivity contribution is 5.95. The molecule has 0 aromatic heterocycles. The van der Waals surface area contributed by atoms with Crippen LogP contribution >= 0.6 is 0 Å². The van der Waals surface area contributed by atoms with Crippen molar-refractivity contribution in [3.63, 3.8) is 0 Å². The maximum Gasteiger partial charge on any atom is 0.249 e. The van der Waals surface area contributed by atoms with Gasteiger partial charge in [0.1, 0.15) is 0 Å². The van der Waals surface area contributed by atoms with E-state index in [-0.39, 0.29) is 5.91 Å². The van der Waals surface area contributed by atoms with Crippen LogP contribution in [0.1, 0.15) is 34.1 Å². The molecule has 15 heavy (non-hydrogen) atoms. The van der Waals surface area contributed by atoms with Crippen molar-refractivity contribution in [2.24, 2.45) is 5.92 Å². The minimum atomic E-state index is 0.189. The molecule has 1 fully saturated rings. The molecule has 1 aliphatic rings. The Labute approximate surface area is 92.7 Å². The second kappa shape index (κ2) is 4.65. The van der Waals surface area contributed by atoms with E-state index in [2.05, 4.69) is 33.8 Å². The highest BCUT2D eigenvalue weighted by Crippen LogP contribution is 2.22. The number of carbonyl (C=O) groups is 1. The van der Waals surface area contributed by atoms with Crippen molar-refractivity contribution in [1.29, 1.82) is 0 Å². The predicted molar refractivity (Wildman–Crippen MR) is 63.5 cm³/mol. The predicted octanol–water partition coefficient (Wildman–Crippen LogP) is 2.77. The van der Waals surface area contributed by atoms with Crippen molar-refractivity contribution < 1.29 is 4.79 Å². The van der Waals surface area contributed by atoms with E-state index in [9.17, 15) is 4.79 Å². The summed E-state index contributed by atoms with van der Waals surface area (Å²) >= 11 is 0. The van der Waals surface area contributed by atoms with Gasteiger partial charge in [-0.2, -0.15) is 0 Å². The Morgan fingerprint density at radius 1 is 1.40 bits per heavy atom. The number of nitrogens with zero attached hydrogens (tertiary/aromatic N) is 1. The molecule has 1 heterocycles. The van der Waals surface area contributed by atoms with E-state index >= 15 is 0 Å². The molecule has 1 amide bonds. The van der Waals surface area contributed by atoms with E-state index in [0.29, 0.717) is 5.92 Å². The largest absolute Gasteiger partial charge is 0.342 e. The Balaban J connectivity index is 2.96. The maximum atomic E-state index is 11.7. The maximum absolute atomic E-state index is 11.7. The number of amides is 1. The van der Waals surface area contributed by atoms with Crippen LogP contribution in [-0.2, 0) is 4.79 Å². The summed E-state index contributed by atoms with van der Waals surface area (Å²) < 4.78 is 0. The summed E-state index contributed by atoms with van der Waals surface area (Å²) in [6.07, 6.45) is 2.98. The van der Waals surface area contributed by atoms with Gasteiger partial charge in [0.05, 0.1) is 0 Å². The van der Waals surface area contributed by atoms with Gasteiger partial charge in [0.2, 0.25) is 5.91 Å². The minimum Gasteiger partial charge on any atom is -0.342 e. The summed E-state index contributed by atoms with van der Waals surface area (Å²) in [5.74, 6) is 0.676. The van der Waals surface area contributed by atoms with Gasteiger partial charge < -0.3 is 4.90 Å². The molecule has 1 rings (SSSR count). The number of allylic oxidation sites excluding steroid dienone is 3. The molecule has 0 N–H and O–H groups in total. The van der Waals surface area contributed by atoms with Crippen LogP contribution in [0.5, 0.6) is 0 Å². The molecule has 0 atom stereocenters. The topological polar surface area (TPSA) is 20.3 Å². The molecule has 0 spiro atoms. The van der Waals surface area contributed by atoms with Gasteiger partial charge in [-0.1, -0.05) is 25.5 Å². The lowest BCUT2D eigenvalue weighted by Crippen LogP contribution is -2.19. The van der Waals surface area contributed by atoms with Crippen LogP contribution in [0.15, 0.2) is 22.8 Å². The molecular formula is C13H21NO. The average Bonchev–Trinajstić information content (AvgIpc) is 2.43. The van der Waals surface area contributed by atoms with Crippen LogP contribution in [0.25, 0.3) is 0 Å². The third-order valence-corrected chi connectivity index (χ3v) is 2.87. The van der Waals surface area contributed by atoms with Crippen molar-refractivity contribution in [1.82, 2.24) is 4.90 Å². The molecule has 0 bridgehead atoms. The fourth-order valence-corrected chi connectivity index (χ4v) is 1.95. The number of hydrogen-bond acceptors (Lipinski definition) is 1. The second-order valence-electron chi connectivity index (χ2n) is 4.76. The quantitative estimate of drug-likeness (QED) is 0.638. The first kappa shape index (κ1) is 12.0. The second-order valence-corrected chi connectivity index (χ2v) is 4.76. The number of rotatable bonds is 2. The molecule has 2 heteroatoms. The molecule has 1 saturated heterocycles. The first-order chi connectivity index (χ1) is 6.93. The Kier molecular flexibility index (Phi) is 3.72. The molecule has 1 aliphatic heterocycles. The average molecular weight is 207 g/mol. The number of likely N-dealkylation sites (N-methyl/N-ethyl adjacent to an activating group) is 1. The zero-order valence-electron chi connectivity index (χ0n) is 10.4. The molecular weight excluding hydrogens is 186 g/mol. The fourth-order valence-electron chi connectivity index (χ4n) is 1.95. The Morgan fingerprint density at radius 3 is 2.33 bits per heavy atom. The van der Waals surface area contributed by atoms with Crippen molar-refractivity contribution in [2.45, 2.75) is 34.1 Å². The Hall–Kier alpha value is -1.05. The third kappa shape index (κ3) is 2.71. The summed E-state index contributed by atoms with van der Waals surface area (Å²) in [6, 6.07) is 0. The summed E-state index contributed by atoms with van der Waals surface area (Å²) in [5.41, 5.74) is 3.57. The van der Waals surface area contributed by atoms with Gasteiger partial charge in [-0.25, -0.2) is 0 Å². The van der Waals surface area contributed by atoms with Gasteiger partial charge in [0.25, 0.3) is 0 Å². The van der Waals surface area contributed by atoms with E-state index in [1.165, 1.54) is 11.1 Å². The van der Waals surface area contributed by atoms with Crippen LogP contribution < -0.4 is 0 Å². The standard InChI is InChI=1S/C13H21NO/c1-9(2)12(10(3)4)8-11-6-7-14(5)13(11)15/h8-9H,6-7H2,1-5H3/b11-8+. The SMILES string of the molecule is CC(C)=C(/C=C1\CCN(C)C1=O)C(C)C. The minimum absolute atomic E-state index is 0.189. The zero-order chi connectivity index (χ0) is 11.6. The van der Waals surface area contributed by atoms with Crippen LogP contribution in [0, 0.1) is 5.92 Å². The van der Waals surface area contributed by atoms with Gasteiger partial charge in [-0.15, -0.1) is 0 Å². The summed E-state index contributed by atoms with van der Waals surface area (Å²) in [6.45, 7) is 9.41. The molecule has 0 saturated carbocycles. The number of hydrogen-bond donors (Lipinski definition) is 0. The lowest BCUT2D eigenvalue weighted by Gasteiger charge is -2.10. The van der Waals surface area contributed by atoms with Crippen LogP contribution in [0.4, 0.5) is 0 Å². The molecule has 0 aromatic carbocycles. The van der Waals surface area contributed by atoms with Crippen LogP contribution in [0.3, 0.4) is 0 Å². The number of likely N-dealkylation sites (tertiary alicyclic amines) is 1. The van der Waals surface area contributed by atoms with Gasteiger partial charge in [-0.3, -0.25) is 4.79 Å². The first-order valence-corrected chi connectivity index (χ1v) is 5.57. The fraction of sp³-hybridized carbons (Fsp3) is 0.615. The molecule has 2 nitrogen and oxygen atoms in total. The normalized spacial score (nSPS) is 19.2. The van der Waals surface area contributed by atoms with Crippen molar-refractivity contribution in [3.05, 3.63) is 22.8 Å². The van der Waals surface area contributed by atoms with E-state index in [1.807, 2.05) is 7.05 Å². The van der Waals surface area contributed by atoms with Gasteiger partial charge in [0, 0.05) is 19.2 Å². The van der Waals surface area contributed by atoms with Gasteiger partial charge in [-0.05, 0) is 31.8 Å². The third-order valence-electron chi connectivity index (χ3n) is 2.87. The van der Waals surface area contributed by atoms with Crippen LogP contribution in [-0.4, -0.2) is 24.4 Å². The molecule has 84 valence electrons. The summed E-state index contributed by atoms with van der Waals surface area (Å²) in [7, 11) is 1.86. The monoisotopic (exact) mass is 207 g/mol. The smallest absolute Gasteiger partial charge is 0.249 e. The molecule has 0 radical (unpaired) electrons. The van der Waals surface area contributed by atoms with Crippen molar-refractivity contribution in [3.8, 4) is 0 Å². The molecule has 0 aromatic rings. The van der Waals surface area contributed by atoms with E-state index < -0.39 is 0 Å². The van der Waals surface area contributed by atoms with E-state index in [1.54, 1.807) is 4.90 Å².